The number of hydrogen-bond acceptors (Lipinski definition) is 3. The molecule has 0 bridgehead atoms. The van der Waals surface area contributed by atoms with Crippen LogP contribution in [0.4, 0.5) is 10.1 Å². The molecule has 0 radical (unpaired) electrons. The summed E-state index contributed by atoms with van der Waals surface area (Å²) in [4.78, 5) is 2.14. The third-order valence-electron chi connectivity index (χ3n) is 2.94. The van der Waals surface area contributed by atoms with E-state index in [1.54, 1.807) is 19.2 Å². The number of ether oxygens (including phenoxy) is 1. The minimum absolute atomic E-state index is 0.194. The van der Waals surface area contributed by atoms with E-state index in [-0.39, 0.29) is 11.9 Å². The summed E-state index contributed by atoms with van der Waals surface area (Å²) in [5, 5.41) is 3.04. The standard InChI is InChI=1S/C14H23FN2O/c1-5-17(11(2)10-18-4)14-7-12(9-16-3)6-13(15)8-14/h6-8,11,16H,5,9-10H2,1-4H3. The Morgan fingerprint density at radius 2 is 2.11 bits per heavy atom. The van der Waals surface area contributed by atoms with Crippen molar-refractivity contribution >= 4 is 5.69 Å². The zero-order valence-electron chi connectivity index (χ0n) is 11.7. The number of likely N-dealkylation sites (N-methyl/N-ethyl adjacent to an activating group) is 1. The van der Waals surface area contributed by atoms with Gasteiger partial charge in [0.05, 0.1) is 6.61 Å². The summed E-state index contributed by atoms with van der Waals surface area (Å²) in [6, 6.07) is 5.39. The summed E-state index contributed by atoms with van der Waals surface area (Å²) in [7, 11) is 3.54. The number of methoxy groups -OCH3 is 1. The van der Waals surface area contributed by atoms with Gasteiger partial charge in [0, 0.05) is 31.9 Å². The SMILES string of the molecule is CCN(c1cc(F)cc(CNC)c1)C(C)COC. The average Bonchev–Trinajstić information content (AvgIpc) is 2.30. The molecule has 0 spiro atoms. The molecule has 1 unspecified atom stereocenters. The molecule has 0 aliphatic heterocycles. The molecule has 0 aliphatic carbocycles. The quantitative estimate of drug-likeness (QED) is 0.808. The molecule has 1 N–H and O–H groups in total. The smallest absolute Gasteiger partial charge is 0.125 e. The number of anilines is 1. The normalized spacial score (nSPS) is 12.5. The van der Waals surface area contributed by atoms with E-state index < -0.39 is 0 Å². The molecule has 1 atom stereocenters. The zero-order chi connectivity index (χ0) is 13.5. The minimum Gasteiger partial charge on any atom is -0.383 e. The molecule has 0 heterocycles. The van der Waals surface area contributed by atoms with Crippen molar-refractivity contribution in [2.45, 2.75) is 26.4 Å². The highest BCUT2D eigenvalue weighted by atomic mass is 19.1. The summed E-state index contributed by atoms with van der Waals surface area (Å²) in [6.45, 7) is 6.27. The summed E-state index contributed by atoms with van der Waals surface area (Å²) in [5.41, 5.74) is 1.86. The first-order valence-corrected chi connectivity index (χ1v) is 6.32. The molecular formula is C14H23FN2O. The zero-order valence-corrected chi connectivity index (χ0v) is 11.7. The van der Waals surface area contributed by atoms with Crippen LogP contribution in [-0.2, 0) is 11.3 Å². The number of nitrogens with zero attached hydrogens (tertiary/aromatic N) is 1. The summed E-state index contributed by atoms with van der Waals surface area (Å²) in [6.07, 6.45) is 0. The number of benzene rings is 1. The van der Waals surface area contributed by atoms with E-state index in [2.05, 4.69) is 24.1 Å². The second-order valence-electron chi connectivity index (χ2n) is 4.44. The van der Waals surface area contributed by atoms with Gasteiger partial charge in [-0.05, 0) is 44.7 Å². The van der Waals surface area contributed by atoms with Crippen molar-refractivity contribution in [3.8, 4) is 0 Å². The van der Waals surface area contributed by atoms with E-state index in [1.807, 2.05) is 13.1 Å². The van der Waals surface area contributed by atoms with Crippen LogP contribution in [0.1, 0.15) is 19.4 Å². The Morgan fingerprint density at radius 1 is 1.39 bits per heavy atom. The van der Waals surface area contributed by atoms with E-state index in [1.165, 1.54) is 0 Å². The number of hydrogen-bond donors (Lipinski definition) is 1. The third-order valence-corrected chi connectivity index (χ3v) is 2.94. The molecule has 1 aromatic rings. The predicted molar refractivity (Wildman–Crippen MR) is 73.5 cm³/mol. The van der Waals surface area contributed by atoms with Crippen LogP contribution in [0.15, 0.2) is 18.2 Å². The molecule has 0 fully saturated rings. The molecule has 3 nitrogen and oxygen atoms in total. The van der Waals surface area contributed by atoms with Gasteiger partial charge in [-0.15, -0.1) is 0 Å². The molecule has 102 valence electrons. The molecule has 0 saturated heterocycles. The van der Waals surface area contributed by atoms with Crippen LogP contribution in [-0.4, -0.2) is 33.4 Å². The molecular weight excluding hydrogens is 231 g/mol. The van der Waals surface area contributed by atoms with Gasteiger partial charge in [0.1, 0.15) is 5.82 Å². The highest BCUT2D eigenvalue weighted by Gasteiger charge is 2.14. The van der Waals surface area contributed by atoms with Gasteiger partial charge in [0.15, 0.2) is 0 Å². The fourth-order valence-corrected chi connectivity index (χ4v) is 2.19. The van der Waals surface area contributed by atoms with Crippen molar-refractivity contribution in [2.24, 2.45) is 0 Å². The van der Waals surface area contributed by atoms with Crippen molar-refractivity contribution in [1.29, 1.82) is 0 Å². The number of halogens is 1. The lowest BCUT2D eigenvalue weighted by molar-refractivity contribution is 0.182. The minimum atomic E-state index is -0.194. The van der Waals surface area contributed by atoms with E-state index in [0.29, 0.717) is 13.2 Å². The largest absolute Gasteiger partial charge is 0.383 e. The van der Waals surface area contributed by atoms with Crippen LogP contribution in [0.25, 0.3) is 0 Å². The molecule has 1 aromatic carbocycles. The van der Waals surface area contributed by atoms with Gasteiger partial charge in [-0.25, -0.2) is 4.39 Å². The van der Waals surface area contributed by atoms with Crippen molar-refractivity contribution in [3.05, 3.63) is 29.6 Å². The lowest BCUT2D eigenvalue weighted by Crippen LogP contribution is -2.36. The first-order chi connectivity index (χ1) is 8.62. The molecule has 4 heteroatoms. The highest BCUT2D eigenvalue weighted by molar-refractivity contribution is 5.50. The Bertz CT molecular complexity index is 371. The number of rotatable bonds is 7. The molecule has 18 heavy (non-hydrogen) atoms. The molecule has 0 aromatic heterocycles. The summed E-state index contributed by atoms with van der Waals surface area (Å²) >= 11 is 0. The van der Waals surface area contributed by atoms with Gasteiger partial charge in [0.25, 0.3) is 0 Å². The molecule has 0 saturated carbocycles. The van der Waals surface area contributed by atoms with Crippen molar-refractivity contribution in [1.82, 2.24) is 5.32 Å². The monoisotopic (exact) mass is 254 g/mol. The Labute approximate surface area is 109 Å². The maximum Gasteiger partial charge on any atom is 0.125 e. The molecule has 0 amide bonds. The van der Waals surface area contributed by atoms with Crippen LogP contribution in [0.5, 0.6) is 0 Å². The molecule has 0 aliphatic rings. The first-order valence-electron chi connectivity index (χ1n) is 6.32. The third kappa shape index (κ3) is 3.96. The van der Waals surface area contributed by atoms with E-state index in [0.717, 1.165) is 17.8 Å². The van der Waals surface area contributed by atoms with Crippen LogP contribution in [0.3, 0.4) is 0 Å². The van der Waals surface area contributed by atoms with Crippen LogP contribution in [0.2, 0.25) is 0 Å². The Hall–Kier alpha value is -1.13. The van der Waals surface area contributed by atoms with Gasteiger partial charge in [0.2, 0.25) is 0 Å². The second-order valence-corrected chi connectivity index (χ2v) is 4.44. The fourth-order valence-electron chi connectivity index (χ4n) is 2.19. The van der Waals surface area contributed by atoms with Crippen LogP contribution >= 0.6 is 0 Å². The summed E-state index contributed by atoms with van der Waals surface area (Å²) in [5.74, 6) is -0.194. The van der Waals surface area contributed by atoms with Gasteiger partial charge >= 0.3 is 0 Å². The summed E-state index contributed by atoms with van der Waals surface area (Å²) < 4.78 is 18.8. The van der Waals surface area contributed by atoms with E-state index in [4.69, 9.17) is 4.74 Å². The Kier molecular flexibility index (Phi) is 6.09. The lowest BCUT2D eigenvalue weighted by atomic mass is 10.1. The lowest BCUT2D eigenvalue weighted by Gasteiger charge is -2.30. The maximum atomic E-state index is 13.6. The van der Waals surface area contributed by atoms with Crippen molar-refractivity contribution < 1.29 is 9.13 Å². The highest BCUT2D eigenvalue weighted by Crippen LogP contribution is 2.21. The predicted octanol–water partition coefficient (Wildman–Crippen LogP) is 2.41. The first kappa shape index (κ1) is 14.9. The van der Waals surface area contributed by atoms with Crippen LogP contribution < -0.4 is 10.2 Å². The van der Waals surface area contributed by atoms with Gasteiger partial charge in [-0.3, -0.25) is 0 Å². The van der Waals surface area contributed by atoms with Gasteiger partial charge in [-0.2, -0.15) is 0 Å². The average molecular weight is 254 g/mol. The number of nitrogens with one attached hydrogen (secondary N) is 1. The van der Waals surface area contributed by atoms with E-state index in [9.17, 15) is 4.39 Å². The fraction of sp³-hybridized carbons (Fsp3) is 0.571. The van der Waals surface area contributed by atoms with E-state index >= 15 is 0 Å². The Morgan fingerprint density at radius 3 is 2.67 bits per heavy atom. The Balaban J connectivity index is 2.97. The van der Waals surface area contributed by atoms with Gasteiger partial charge in [-0.1, -0.05) is 0 Å². The molecule has 1 rings (SSSR count). The topological polar surface area (TPSA) is 24.5 Å². The second kappa shape index (κ2) is 7.34. The maximum absolute atomic E-state index is 13.6. The van der Waals surface area contributed by atoms with Crippen LogP contribution in [0, 0.1) is 5.82 Å². The van der Waals surface area contributed by atoms with Crippen molar-refractivity contribution in [2.75, 3.05) is 32.2 Å². The van der Waals surface area contributed by atoms with Crippen molar-refractivity contribution in [3.63, 3.8) is 0 Å². The van der Waals surface area contributed by atoms with Gasteiger partial charge < -0.3 is 15.0 Å².